The average Bonchev–Trinajstić information content (AvgIpc) is 3.42. The van der Waals surface area contributed by atoms with E-state index in [-0.39, 0.29) is 36.2 Å². The van der Waals surface area contributed by atoms with Crippen LogP contribution in [0.2, 0.25) is 0 Å². The van der Waals surface area contributed by atoms with Crippen molar-refractivity contribution in [3.05, 3.63) is 11.6 Å². The van der Waals surface area contributed by atoms with Crippen molar-refractivity contribution in [3.8, 4) is 0 Å². The number of ether oxygens (including phenoxy) is 3. The molecule has 4 aliphatic carbocycles. The lowest BCUT2D eigenvalue weighted by Gasteiger charge is -2.65. The van der Waals surface area contributed by atoms with Gasteiger partial charge in [0.2, 0.25) is 0 Å². The van der Waals surface area contributed by atoms with E-state index >= 15 is 0 Å². The van der Waals surface area contributed by atoms with Crippen LogP contribution in [-0.4, -0.2) is 86.3 Å². The van der Waals surface area contributed by atoms with Gasteiger partial charge >= 0.3 is 5.97 Å². The summed E-state index contributed by atoms with van der Waals surface area (Å²) >= 11 is 0. The first-order valence-corrected chi connectivity index (χ1v) is 14.6. The Bertz CT molecular complexity index is 1040. The van der Waals surface area contributed by atoms with E-state index in [9.17, 15) is 30.4 Å². The van der Waals surface area contributed by atoms with E-state index in [1.807, 2.05) is 0 Å². The van der Waals surface area contributed by atoms with Crippen LogP contribution in [-0.2, 0) is 19.0 Å². The number of cyclic esters (lactones) is 1. The largest absolute Gasteiger partial charge is 0.458 e. The molecule has 4 saturated carbocycles. The summed E-state index contributed by atoms with van der Waals surface area (Å²) in [5, 5.41) is 58.2. The van der Waals surface area contributed by atoms with Crippen molar-refractivity contribution < 1.29 is 44.6 Å². The summed E-state index contributed by atoms with van der Waals surface area (Å²) in [5.41, 5.74) is -2.37. The van der Waals surface area contributed by atoms with Gasteiger partial charge in [-0.1, -0.05) is 6.92 Å². The summed E-state index contributed by atoms with van der Waals surface area (Å²) < 4.78 is 17.2. The Kier molecular flexibility index (Phi) is 6.72. The zero-order valence-electron chi connectivity index (χ0n) is 22.9. The Hall–Kier alpha value is -1.56. The van der Waals surface area contributed by atoms with Gasteiger partial charge < -0.3 is 39.8 Å². The Morgan fingerprint density at radius 3 is 2.54 bits per heavy atom. The topological polar surface area (TPSA) is 158 Å². The van der Waals surface area contributed by atoms with Crippen LogP contribution in [0.3, 0.4) is 0 Å². The fourth-order valence-corrected chi connectivity index (χ4v) is 9.89. The predicted molar refractivity (Wildman–Crippen MR) is 138 cm³/mol. The molecule has 0 aromatic carbocycles. The number of esters is 1. The summed E-state index contributed by atoms with van der Waals surface area (Å²) in [4.78, 5) is 11.8. The zero-order valence-corrected chi connectivity index (χ0v) is 22.9. The molecule has 2 aliphatic heterocycles. The molecule has 39 heavy (non-hydrogen) atoms. The Morgan fingerprint density at radius 2 is 1.85 bits per heavy atom. The molecule has 2 heterocycles. The predicted octanol–water partition coefficient (Wildman–Crippen LogP) is 2.04. The van der Waals surface area contributed by atoms with Gasteiger partial charge in [0.15, 0.2) is 6.29 Å². The first-order chi connectivity index (χ1) is 18.5. The van der Waals surface area contributed by atoms with E-state index < -0.39 is 46.6 Å². The van der Waals surface area contributed by atoms with Crippen LogP contribution in [0.1, 0.15) is 78.1 Å². The van der Waals surface area contributed by atoms with Crippen LogP contribution in [0.4, 0.5) is 0 Å². The molecule has 218 valence electrons. The minimum absolute atomic E-state index is 0.0664. The second-order valence-corrected chi connectivity index (χ2v) is 13.4. The fraction of sp³-hybridized carbons (Fsp3) is 0.862. The van der Waals surface area contributed by atoms with Gasteiger partial charge in [-0.05, 0) is 81.6 Å². The van der Waals surface area contributed by atoms with Gasteiger partial charge in [0.05, 0.1) is 35.7 Å². The fourth-order valence-electron chi connectivity index (χ4n) is 9.89. The molecule has 6 aliphatic rings. The van der Waals surface area contributed by atoms with Gasteiger partial charge in [-0.2, -0.15) is 0 Å². The Labute approximate surface area is 229 Å². The third-order valence-corrected chi connectivity index (χ3v) is 11.9. The maximum atomic E-state index is 12.4. The molecule has 10 heteroatoms. The van der Waals surface area contributed by atoms with Crippen LogP contribution in [0, 0.1) is 28.6 Å². The molecule has 1 saturated heterocycles. The number of carbonyl (C=O) groups is 1. The lowest BCUT2D eigenvalue weighted by Crippen LogP contribution is -2.69. The third-order valence-electron chi connectivity index (χ3n) is 11.9. The number of aliphatic hydroxyl groups is 4. The lowest BCUT2D eigenvalue weighted by molar-refractivity contribution is -0.282. The number of hydrogen-bond donors (Lipinski definition) is 5. The average molecular weight is 550 g/mol. The molecular weight excluding hydrogens is 506 g/mol. The molecule has 0 amide bonds. The first kappa shape index (κ1) is 27.6. The summed E-state index contributed by atoms with van der Waals surface area (Å²) in [6.45, 7) is 4.15. The summed E-state index contributed by atoms with van der Waals surface area (Å²) in [7, 11) is 0. The van der Waals surface area contributed by atoms with E-state index in [1.165, 1.54) is 6.21 Å². The van der Waals surface area contributed by atoms with E-state index in [2.05, 4.69) is 12.1 Å². The van der Waals surface area contributed by atoms with Gasteiger partial charge in [0, 0.05) is 29.7 Å². The van der Waals surface area contributed by atoms with E-state index in [0.717, 1.165) is 24.8 Å². The number of fused-ring (bicyclic) bond motifs is 5. The van der Waals surface area contributed by atoms with Crippen molar-refractivity contribution in [1.82, 2.24) is 0 Å². The minimum Gasteiger partial charge on any atom is -0.458 e. The first-order valence-electron chi connectivity index (χ1n) is 14.6. The van der Waals surface area contributed by atoms with Crippen molar-refractivity contribution in [2.45, 2.75) is 120 Å². The second-order valence-electron chi connectivity index (χ2n) is 13.4. The van der Waals surface area contributed by atoms with Crippen LogP contribution < -0.4 is 0 Å². The molecule has 5 N–H and O–H groups in total. The summed E-state index contributed by atoms with van der Waals surface area (Å²) in [6.07, 6.45) is 5.36. The van der Waals surface area contributed by atoms with Gasteiger partial charge in [-0.3, -0.25) is 0 Å². The van der Waals surface area contributed by atoms with Crippen LogP contribution in [0.15, 0.2) is 16.8 Å². The third kappa shape index (κ3) is 3.96. The molecule has 0 aromatic heterocycles. The summed E-state index contributed by atoms with van der Waals surface area (Å²) in [5.74, 6) is -0.372. The summed E-state index contributed by atoms with van der Waals surface area (Å²) in [6, 6.07) is 0. The number of carbonyl (C=O) groups excluding carboxylic acids is 1. The molecule has 0 bridgehead atoms. The molecular formula is C29H43NO9. The number of nitrogens with zero attached hydrogens (tertiary/aromatic N) is 1. The monoisotopic (exact) mass is 549 g/mol. The van der Waals surface area contributed by atoms with Crippen molar-refractivity contribution in [3.63, 3.8) is 0 Å². The van der Waals surface area contributed by atoms with Crippen molar-refractivity contribution in [2.75, 3.05) is 6.61 Å². The Morgan fingerprint density at radius 1 is 1.08 bits per heavy atom. The molecule has 0 aromatic rings. The smallest absolute Gasteiger partial charge is 0.331 e. The maximum absolute atomic E-state index is 12.4. The van der Waals surface area contributed by atoms with Crippen LogP contribution in [0.5, 0.6) is 0 Å². The highest BCUT2D eigenvalue weighted by molar-refractivity contribution is 5.85. The zero-order chi connectivity index (χ0) is 27.8. The van der Waals surface area contributed by atoms with Gasteiger partial charge in [0.25, 0.3) is 0 Å². The maximum Gasteiger partial charge on any atom is 0.331 e. The van der Waals surface area contributed by atoms with Crippen molar-refractivity contribution >= 4 is 12.2 Å². The van der Waals surface area contributed by atoms with E-state index in [4.69, 9.17) is 14.2 Å². The molecule has 12 unspecified atom stereocenters. The van der Waals surface area contributed by atoms with Gasteiger partial charge in [-0.25, -0.2) is 4.79 Å². The number of rotatable bonds is 4. The van der Waals surface area contributed by atoms with Crippen molar-refractivity contribution in [1.29, 1.82) is 0 Å². The quantitative estimate of drug-likeness (QED) is 0.116. The highest BCUT2D eigenvalue weighted by Crippen LogP contribution is 2.70. The van der Waals surface area contributed by atoms with Crippen molar-refractivity contribution in [2.24, 2.45) is 33.7 Å². The van der Waals surface area contributed by atoms with Crippen LogP contribution in [0.25, 0.3) is 0 Å². The molecule has 0 radical (unpaired) electrons. The highest BCUT2D eigenvalue weighted by atomic mass is 16.7. The number of aliphatic hydroxyl groups excluding tert-OH is 2. The minimum atomic E-state index is -1.18. The second kappa shape index (κ2) is 9.49. The molecule has 0 spiro atoms. The van der Waals surface area contributed by atoms with Crippen LogP contribution >= 0.6 is 0 Å². The van der Waals surface area contributed by atoms with Gasteiger partial charge in [0.1, 0.15) is 12.7 Å². The highest BCUT2D eigenvalue weighted by Gasteiger charge is 2.71. The number of hydrogen-bond acceptors (Lipinski definition) is 10. The molecule has 6 rings (SSSR count). The van der Waals surface area contributed by atoms with Gasteiger partial charge in [-0.15, -0.1) is 5.16 Å². The normalized spacial score (nSPS) is 53.6. The lowest BCUT2D eigenvalue weighted by atomic mass is 9.41. The van der Waals surface area contributed by atoms with E-state index in [0.29, 0.717) is 45.1 Å². The molecule has 10 nitrogen and oxygen atoms in total. The Balaban J connectivity index is 1.24. The SMILES string of the molecule is CC1OC(OC2CCC3(C=NO)C4CCC5(C)C(C6=CC(=O)OC6)CCC5(O)C4CCC3(O)C2)CC(O)C1O. The number of oxime groups is 1. The molecule has 12 atom stereocenters. The standard InChI is InChI=1S/C29H43NO9/c1-16-25(33)22(31)12-24(38-16)39-18-3-8-27(15-30-36)20-4-7-26(2)19(17-11-23(32)37-14-17)6-10-29(26,35)21(20)5-9-28(27,34)13-18/h11,15-16,18-22,24-25,31,33-36H,3-10,12-14H2,1-2H3. The van der Waals surface area contributed by atoms with E-state index in [1.54, 1.807) is 13.0 Å². The molecule has 5 fully saturated rings.